The first-order chi connectivity index (χ1) is 9.18. The van der Waals surface area contributed by atoms with Crippen LogP contribution in [-0.4, -0.2) is 21.5 Å². The van der Waals surface area contributed by atoms with Gasteiger partial charge in [0.1, 0.15) is 17.1 Å². The smallest absolute Gasteiger partial charge is 0.338 e. The van der Waals surface area contributed by atoms with E-state index in [2.05, 4.69) is 5.32 Å². The lowest BCUT2D eigenvalue weighted by molar-refractivity contribution is -0.384. The van der Waals surface area contributed by atoms with E-state index in [9.17, 15) is 19.3 Å². The molecular formula is C13H17FN2O4. The predicted octanol–water partition coefficient (Wildman–Crippen LogP) is 3.42. The minimum atomic E-state index is -1.54. The Labute approximate surface area is 115 Å². The third kappa shape index (κ3) is 3.66. The van der Waals surface area contributed by atoms with E-state index in [1.54, 1.807) is 0 Å². The van der Waals surface area contributed by atoms with E-state index < -0.39 is 33.5 Å². The first kappa shape index (κ1) is 15.9. The molecule has 1 aromatic rings. The number of anilines is 1. The molecule has 1 rings (SSSR count). The van der Waals surface area contributed by atoms with E-state index in [1.807, 2.05) is 20.8 Å². The van der Waals surface area contributed by atoms with Crippen LogP contribution >= 0.6 is 0 Å². The second-order valence-corrected chi connectivity index (χ2v) is 5.17. The van der Waals surface area contributed by atoms with Crippen molar-refractivity contribution >= 4 is 17.3 Å². The van der Waals surface area contributed by atoms with Gasteiger partial charge in [-0.1, -0.05) is 13.3 Å². The van der Waals surface area contributed by atoms with Crippen LogP contribution in [0.1, 0.15) is 44.0 Å². The Hall–Kier alpha value is -2.18. The summed E-state index contributed by atoms with van der Waals surface area (Å²) in [6, 6.07) is 1.60. The zero-order valence-corrected chi connectivity index (χ0v) is 11.6. The van der Waals surface area contributed by atoms with Crippen molar-refractivity contribution in [2.75, 3.05) is 5.32 Å². The van der Waals surface area contributed by atoms with Gasteiger partial charge in [0.15, 0.2) is 0 Å². The molecule has 6 nitrogen and oxygen atoms in total. The molecule has 0 fully saturated rings. The number of carbonyl (C=O) groups is 1. The lowest BCUT2D eigenvalue weighted by Gasteiger charge is -2.27. The molecule has 0 unspecified atom stereocenters. The molecule has 0 bridgehead atoms. The van der Waals surface area contributed by atoms with E-state index in [0.29, 0.717) is 0 Å². The van der Waals surface area contributed by atoms with Crippen molar-refractivity contribution in [2.45, 2.75) is 39.2 Å². The second kappa shape index (κ2) is 5.85. The third-order valence-corrected chi connectivity index (χ3v) is 2.86. The summed E-state index contributed by atoms with van der Waals surface area (Å²) >= 11 is 0. The molecule has 1 aromatic carbocycles. The van der Waals surface area contributed by atoms with Crippen molar-refractivity contribution < 1.29 is 19.2 Å². The van der Waals surface area contributed by atoms with E-state index in [0.717, 1.165) is 25.0 Å². The zero-order chi connectivity index (χ0) is 15.5. The van der Waals surface area contributed by atoms with Gasteiger partial charge in [-0.2, -0.15) is 0 Å². The molecule has 7 heteroatoms. The largest absolute Gasteiger partial charge is 0.478 e. The molecule has 0 spiro atoms. The van der Waals surface area contributed by atoms with Gasteiger partial charge in [0.2, 0.25) is 0 Å². The van der Waals surface area contributed by atoms with Gasteiger partial charge in [-0.3, -0.25) is 10.1 Å². The average molecular weight is 284 g/mol. The van der Waals surface area contributed by atoms with Crippen LogP contribution in [-0.2, 0) is 0 Å². The Morgan fingerprint density at radius 1 is 1.50 bits per heavy atom. The molecular weight excluding hydrogens is 267 g/mol. The fraction of sp³-hybridized carbons (Fsp3) is 0.462. The van der Waals surface area contributed by atoms with Crippen molar-refractivity contribution in [3.63, 3.8) is 0 Å². The molecule has 0 saturated heterocycles. The summed E-state index contributed by atoms with van der Waals surface area (Å²) in [5.41, 5.74) is -1.64. The zero-order valence-electron chi connectivity index (χ0n) is 11.6. The fourth-order valence-electron chi connectivity index (χ4n) is 2.03. The number of halogens is 1. The summed E-state index contributed by atoms with van der Waals surface area (Å²) in [6.07, 6.45) is 1.58. The van der Waals surface area contributed by atoms with Gasteiger partial charge in [0.25, 0.3) is 5.69 Å². The minimum Gasteiger partial charge on any atom is -0.478 e. The van der Waals surface area contributed by atoms with Gasteiger partial charge in [-0.05, 0) is 20.3 Å². The lowest BCUT2D eigenvalue weighted by Crippen LogP contribution is -2.31. The van der Waals surface area contributed by atoms with E-state index in [4.69, 9.17) is 5.11 Å². The van der Waals surface area contributed by atoms with E-state index >= 15 is 0 Å². The highest BCUT2D eigenvalue weighted by atomic mass is 19.1. The molecule has 110 valence electrons. The summed E-state index contributed by atoms with van der Waals surface area (Å²) in [6.45, 7) is 5.64. The molecule has 0 atom stereocenters. The van der Waals surface area contributed by atoms with Gasteiger partial charge in [-0.25, -0.2) is 9.18 Å². The summed E-state index contributed by atoms with van der Waals surface area (Å²) in [5, 5.41) is 22.7. The standard InChI is InChI=1S/C13H17FN2O4/c1-4-5-13(2,3)15-10-7-9(14)8(12(17)18)6-11(10)16(19)20/h6-7,15H,4-5H2,1-3H3,(H,17,18). The maximum absolute atomic E-state index is 13.7. The highest BCUT2D eigenvalue weighted by Gasteiger charge is 2.25. The van der Waals surface area contributed by atoms with Crippen molar-refractivity contribution in [1.82, 2.24) is 0 Å². The van der Waals surface area contributed by atoms with Crippen molar-refractivity contribution in [3.8, 4) is 0 Å². The number of carboxylic acids is 1. The Kier molecular flexibility index (Phi) is 4.65. The predicted molar refractivity (Wildman–Crippen MR) is 72.6 cm³/mol. The Morgan fingerprint density at radius 3 is 2.55 bits per heavy atom. The van der Waals surface area contributed by atoms with Crippen LogP contribution < -0.4 is 5.32 Å². The van der Waals surface area contributed by atoms with Gasteiger partial charge >= 0.3 is 5.97 Å². The molecule has 0 aliphatic rings. The molecule has 0 amide bonds. The molecule has 0 aliphatic carbocycles. The number of benzene rings is 1. The summed E-state index contributed by atoms with van der Waals surface area (Å²) in [5.74, 6) is -2.54. The summed E-state index contributed by atoms with van der Waals surface area (Å²) in [7, 11) is 0. The van der Waals surface area contributed by atoms with Crippen LogP contribution in [0.4, 0.5) is 15.8 Å². The maximum atomic E-state index is 13.7. The van der Waals surface area contributed by atoms with Crippen LogP contribution in [0, 0.1) is 15.9 Å². The highest BCUT2D eigenvalue weighted by Crippen LogP contribution is 2.31. The maximum Gasteiger partial charge on any atom is 0.338 e. The summed E-state index contributed by atoms with van der Waals surface area (Å²) < 4.78 is 13.7. The second-order valence-electron chi connectivity index (χ2n) is 5.17. The van der Waals surface area contributed by atoms with Crippen molar-refractivity contribution in [2.24, 2.45) is 0 Å². The molecule has 0 saturated carbocycles. The van der Waals surface area contributed by atoms with Crippen LogP contribution in [0.15, 0.2) is 12.1 Å². The topological polar surface area (TPSA) is 92.5 Å². The van der Waals surface area contributed by atoms with Gasteiger partial charge < -0.3 is 10.4 Å². The number of nitrogens with one attached hydrogen (secondary N) is 1. The monoisotopic (exact) mass is 284 g/mol. The van der Waals surface area contributed by atoms with Crippen LogP contribution in [0.3, 0.4) is 0 Å². The fourth-order valence-corrected chi connectivity index (χ4v) is 2.03. The highest BCUT2D eigenvalue weighted by molar-refractivity contribution is 5.90. The molecule has 0 aromatic heterocycles. The molecule has 20 heavy (non-hydrogen) atoms. The van der Waals surface area contributed by atoms with Crippen LogP contribution in [0.2, 0.25) is 0 Å². The minimum absolute atomic E-state index is 0.0176. The Balaban J connectivity index is 3.29. The Bertz CT molecular complexity index is 543. The number of hydrogen-bond acceptors (Lipinski definition) is 4. The summed E-state index contributed by atoms with van der Waals surface area (Å²) in [4.78, 5) is 21.1. The van der Waals surface area contributed by atoms with E-state index in [1.165, 1.54) is 0 Å². The van der Waals surface area contributed by atoms with Gasteiger partial charge in [-0.15, -0.1) is 0 Å². The first-order valence-electron chi connectivity index (χ1n) is 6.17. The molecule has 0 radical (unpaired) electrons. The van der Waals surface area contributed by atoms with Crippen LogP contribution in [0.25, 0.3) is 0 Å². The quantitative estimate of drug-likeness (QED) is 0.616. The van der Waals surface area contributed by atoms with Gasteiger partial charge in [0.05, 0.1) is 4.92 Å². The van der Waals surface area contributed by atoms with Crippen molar-refractivity contribution in [1.29, 1.82) is 0 Å². The number of rotatable bonds is 6. The van der Waals surface area contributed by atoms with Crippen LogP contribution in [0.5, 0.6) is 0 Å². The first-order valence-corrected chi connectivity index (χ1v) is 6.17. The molecule has 2 N–H and O–H groups in total. The lowest BCUT2D eigenvalue weighted by atomic mass is 9.98. The molecule has 0 heterocycles. The number of nitrogens with zero attached hydrogens (tertiary/aromatic N) is 1. The van der Waals surface area contributed by atoms with Crippen molar-refractivity contribution in [3.05, 3.63) is 33.6 Å². The number of aromatic carboxylic acids is 1. The Morgan fingerprint density at radius 2 is 2.10 bits per heavy atom. The molecule has 0 aliphatic heterocycles. The number of nitro benzene ring substituents is 1. The number of carboxylic acid groups (broad SMARTS) is 1. The third-order valence-electron chi connectivity index (χ3n) is 2.86. The van der Waals surface area contributed by atoms with E-state index in [-0.39, 0.29) is 5.69 Å². The normalized spacial score (nSPS) is 11.2. The average Bonchev–Trinajstić information content (AvgIpc) is 2.26. The number of nitro groups is 1. The SMILES string of the molecule is CCCC(C)(C)Nc1cc(F)c(C(=O)O)cc1[N+](=O)[O-]. The van der Waals surface area contributed by atoms with Gasteiger partial charge in [0, 0.05) is 17.7 Å². The number of hydrogen-bond donors (Lipinski definition) is 2.